The zero-order valence-electron chi connectivity index (χ0n) is 11.2. The molecule has 0 fully saturated rings. The molecule has 3 rings (SSSR count). The molecule has 0 atom stereocenters. The second kappa shape index (κ2) is 5.37. The maximum atomic E-state index is 12.1. The lowest BCUT2D eigenvalue weighted by molar-refractivity contribution is 0.0950. The molecular weight excluding hydrogens is 250 g/mol. The molecule has 0 heterocycles. The lowest BCUT2D eigenvalue weighted by Gasteiger charge is -2.07. The van der Waals surface area contributed by atoms with Crippen LogP contribution < -0.4 is 5.32 Å². The van der Waals surface area contributed by atoms with Gasteiger partial charge in [0.25, 0.3) is 5.91 Å². The molecule has 0 bridgehead atoms. The molecule has 3 nitrogen and oxygen atoms in total. The summed E-state index contributed by atoms with van der Waals surface area (Å²) < 4.78 is 0. The van der Waals surface area contributed by atoms with Gasteiger partial charge in [-0.15, -0.1) is 0 Å². The van der Waals surface area contributed by atoms with Crippen molar-refractivity contribution in [3.8, 4) is 5.75 Å². The van der Waals surface area contributed by atoms with Gasteiger partial charge in [0.1, 0.15) is 5.75 Å². The van der Waals surface area contributed by atoms with Crippen LogP contribution in [-0.2, 0) is 19.4 Å². The van der Waals surface area contributed by atoms with Crippen LogP contribution in [0.15, 0.2) is 42.5 Å². The van der Waals surface area contributed by atoms with E-state index >= 15 is 0 Å². The Labute approximate surface area is 118 Å². The van der Waals surface area contributed by atoms with Gasteiger partial charge in [0, 0.05) is 12.1 Å². The van der Waals surface area contributed by atoms with Crippen LogP contribution in [0.4, 0.5) is 0 Å². The van der Waals surface area contributed by atoms with Crippen LogP contribution in [-0.4, -0.2) is 11.0 Å². The van der Waals surface area contributed by atoms with Gasteiger partial charge in [0.05, 0.1) is 0 Å². The first-order valence-corrected chi connectivity index (χ1v) is 6.90. The van der Waals surface area contributed by atoms with E-state index in [9.17, 15) is 9.90 Å². The number of aromatic hydroxyl groups is 1. The topological polar surface area (TPSA) is 49.3 Å². The van der Waals surface area contributed by atoms with Gasteiger partial charge in [-0.1, -0.05) is 18.2 Å². The number of carbonyl (C=O) groups is 1. The summed E-state index contributed by atoms with van der Waals surface area (Å²) in [5.74, 6) is 0.150. The van der Waals surface area contributed by atoms with Crippen molar-refractivity contribution in [1.82, 2.24) is 5.32 Å². The van der Waals surface area contributed by atoms with Crippen molar-refractivity contribution >= 4 is 5.91 Å². The Morgan fingerprint density at radius 3 is 2.80 bits per heavy atom. The monoisotopic (exact) mass is 267 g/mol. The Morgan fingerprint density at radius 1 is 1.10 bits per heavy atom. The molecule has 1 aliphatic rings. The van der Waals surface area contributed by atoms with Crippen molar-refractivity contribution in [2.75, 3.05) is 0 Å². The first-order chi connectivity index (χ1) is 9.72. The van der Waals surface area contributed by atoms with Crippen LogP contribution in [0, 0.1) is 0 Å². The quantitative estimate of drug-likeness (QED) is 0.898. The molecule has 20 heavy (non-hydrogen) atoms. The summed E-state index contributed by atoms with van der Waals surface area (Å²) in [6.45, 7) is 0.421. The van der Waals surface area contributed by atoms with E-state index in [1.807, 2.05) is 18.2 Å². The van der Waals surface area contributed by atoms with Crippen molar-refractivity contribution in [3.63, 3.8) is 0 Å². The van der Waals surface area contributed by atoms with Crippen molar-refractivity contribution in [1.29, 1.82) is 0 Å². The van der Waals surface area contributed by atoms with Crippen molar-refractivity contribution in [2.24, 2.45) is 0 Å². The highest BCUT2D eigenvalue weighted by atomic mass is 16.3. The fraction of sp³-hybridized carbons (Fsp3) is 0.235. The van der Waals surface area contributed by atoms with E-state index in [0.29, 0.717) is 12.1 Å². The summed E-state index contributed by atoms with van der Waals surface area (Å²) in [5.41, 5.74) is 4.27. The summed E-state index contributed by atoms with van der Waals surface area (Å²) in [6.07, 6.45) is 3.38. The highest BCUT2D eigenvalue weighted by Crippen LogP contribution is 2.22. The number of carbonyl (C=O) groups excluding carboxylic acids is 1. The molecule has 0 radical (unpaired) electrons. The number of fused-ring (bicyclic) bond motifs is 1. The molecule has 1 amide bonds. The Kier molecular flexibility index (Phi) is 3.42. The third-order valence-corrected chi connectivity index (χ3v) is 3.72. The molecule has 0 aromatic heterocycles. The lowest BCUT2D eigenvalue weighted by atomic mass is 10.1. The van der Waals surface area contributed by atoms with Gasteiger partial charge in [-0.25, -0.2) is 0 Å². The molecule has 0 saturated carbocycles. The second-order valence-electron chi connectivity index (χ2n) is 5.19. The van der Waals surface area contributed by atoms with Crippen LogP contribution in [0.2, 0.25) is 0 Å². The fourth-order valence-corrected chi connectivity index (χ4v) is 2.66. The molecule has 2 aromatic carbocycles. The minimum absolute atomic E-state index is 0.0666. The maximum absolute atomic E-state index is 12.1. The Hall–Kier alpha value is -2.29. The summed E-state index contributed by atoms with van der Waals surface area (Å²) >= 11 is 0. The zero-order chi connectivity index (χ0) is 13.9. The minimum atomic E-state index is -0.0666. The van der Waals surface area contributed by atoms with Crippen molar-refractivity contribution < 1.29 is 9.90 Å². The predicted octanol–water partition coefficient (Wildman–Crippen LogP) is 2.81. The Balaban J connectivity index is 1.67. The summed E-state index contributed by atoms with van der Waals surface area (Å²) in [7, 11) is 0. The number of hydrogen-bond donors (Lipinski definition) is 2. The van der Waals surface area contributed by atoms with E-state index < -0.39 is 0 Å². The van der Waals surface area contributed by atoms with Gasteiger partial charge in [0.15, 0.2) is 0 Å². The van der Waals surface area contributed by atoms with E-state index in [0.717, 1.165) is 18.4 Å². The summed E-state index contributed by atoms with van der Waals surface area (Å²) in [4.78, 5) is 12.1. The van der Waals surface area contributed by atoms with E-state index in [1.165, 1.54) is 17.5 Å². The van der Waals surface area contributed by atoms with E-state index in [1.54, 1.807) is 18.2 Å². The Morgan fingerprint density at radius 2 is 1.95 bits per heavy atom. The molecule has 0 spiro atoms. The number of hydrogen-bond acceptors (Lipinski definition) is 2. The van der Waals surface area contributed by atoms with E-state index in [-0.39, 0.29) is 11.7 Å². The first kappa shape index (κ1) is 12.7. The average Bonchev–Trinajstić information content (AvgIpc) is 2.92. The van der Waals surface area contributed by atoms with Crippen molar-refractivity contribution in [3.05, 3.63) is 64.7 Å². The molecule has 2 aromatic rings. The highest BCUT2D eigenvalue weighted by molar-refractivity contribution is 5.94. The number of aryl methyl sites for hydroxylation is 2. The van der Waals surface area contributed by atoms with Gasteiger partial charge in [-0.2, -0.15) is 0 Å². The molecule has 102 valence electrons. The van der Waals surface area contributed by atoms with Crippen LogP contribution in [0.25, 0.3) is 0 Å². The smallest absolute Gasteiger partial charge is 0.251 e. The summed E-state index contributed by atoms with van der Waals surface area (Å²) in [6, 6.07) is 12.9. The third-order valence-electron chi connectivity index (χ3n) is 3.72. The molecule has 2 N–H and O–H groups in total. The molecule has 0 saturated heterocycles. The number of nitrogens with one attached hydrogen (secondary N) is 1. The maximum Gasteiger partial charge on any atom is 0.251 e. The van der Waals surface area contributed by atoms with Crippen molar-refractivity contribution in [2.45, 2.75) is 25.8 Å². The van der Waals surface area contributed by atoms with E-state index in [2.05, 4.69) is 11.4 Å². The van der Waals surface area contributed by atoms with Gasteiger partial charge in [0.2, 0.25) is 0 Å². The molecule has 3 heteroatoms. The number of benzene rings is 2. The largest absolute Gasteiger partial charge is 0.508 e. The molecule has 0 aliphatic heterocycles. The third kappa shape index (κ3) is 2.67. The van der Waals surface area contributed by atoms with Gasteiger partial charge in [-0.05, 0) is 60.2 Å². The number of phenols is 1. The van der Waals surface area contributed by atoms with Crippen LogP contribution in [0.5, 0.6) is 5.75 Å². The standard InChI is InChI=1S/C17H17NO2/c19-16-6-1-3-12(9-16)11-18-17(20)15-8-7-13-4-2-5-14(13)10-15/h1,3,6-10,19H,2,4-5,11H2,(H,18,20). The zero-order valence-corrected chi connectivity index (χ0v) is 11.2. The number of phenolic OH excluding ortho intramolecular Hbond substituents is 1. The normalized spacial score (nSPS) is 13.0. The Bertz CT molecular complexity index is 649. The first-order valence-electron chi connectivity index (χ1n) is 6.90. The molecule has 0 unspecified atom stereocenters. The molecule has 1 aliphatic carbocycles. The second-order valence-corrected chi connectivity index (χ2v) is 5.19. The number of rotatable bonds is 3. The van der Waals surface area contributed by atoms with Gasteiger partial charge >= 0.3 is 0 Å². The SMILES string of the molecule is O=C(NCc1cccc(O)c1)c1ccc2c(c1)CCC2. The fourth-order valence-electron chi connectivity index (χ4n) is 2.66. The van der Waals surface area contributed by atoms with Crippen LogP contribution >= 0.6 is 0 Å². The van der Waals surface area contributed by atoms with E-state index in [4.69, 9.17) is 0 Å². The molecular formula is C17H17NO2. The highest BCUT2D eigenvalue weighted by Gasteiger charge is 2.13. The van der Waals surface area contributed by atoms with Crippen LogP contribution in [0.1, 0.15) is 33.5 Å². The summed E-state index contributed by atoms with van der Waals surface area (Å²) in [5, 5.41) is 12.3. The predicted molar refractivity (Wildman–Crippen MR) is 77.7 cm³/mol. The van der Waals surface area contributed by atoms with Gasteiger partial charge < -0.3 is 10.4 Å². The lowest BCUT2D eigenvalue weighted by Crippen LogP contribution is -2.22. The number of amides is 1. The minimum Gasteiger partial charge on any atom is -0.508 e. The van der Waals surface area contributed by atoms with Crippen LogP contribution in [0.3, 0.4) is 0 Å². The average molecular weight is 267 g/mol. The van der Waals surface area contributed by atoms with Gasteiger partial charge in [-0.3, -0.25) is 4.79 Å².